The topological polar surface area (TPSA) is 32.3 Å². The summed E-state index contributed by atoms with van der Waals surface area (Å²) in [5.74, 6) is 0.114. The fourth-order valence-electron chi connectivity index (χ4n) is 2.90. The number of hydrogen-bond donors (Lipinski definition) is 1. The van der Waals surface area contributed by atoms with E-state index in [-0.39, 0.29) is 18.3 Å². The van der Waals surface area contributed by atoms with Crippen molar-refractivity contribution in [3.05, 3.63) is 28.3 Å². The molecule has 0 aromatic heterocycles. The Bertz CT molecular complexity index is 482. The number of nitrogens with zero attached hydrogens (tertiary/aromatic N) is 1. The molecule has 1 fully saturated rings. The van der Waals surface area contributed by atoms with Crippen LogP contribution in [-0.4, -0.2) is 30.4 Å². The molecule has 1 aromatic rings. The highest BCUT2D eigenvalue weighted by atomic mass is 35.5. The molecule has 2 rings (SSSR count). The Balaban J connectivity index is 0.00000220. The summed E-state index contributed by atoms with van der Waals surface area (Å²) in [4.78, 5) is 14.5. The van der Waals surface area contributed by atoms with Crippen molar-refractivity contribution in [2.24, 2.45) is 0 Å². The Hall–Kier alpha value is -1.06. The standard InChI is InChI=1S/C17H26N2O.ClH/c1-12-10-13(2)15(4)17(14(12)3)18-16(20)11-19-8-6-5-7-9-19;/h10H,5-9,11H2,1-4H3,(H,18,20);1H. The van der Waals surface area contributed by atoms with Crippen LogP contribution in [0.3, 0.4) is 0 Å². The van der Waals surface area contributed by atoms with Gasteiger partial charge in [0.2, 0.25) is 5.91 Å². The van der Waals surface area contributed by atoms with E-state index in [4.69, 9.17) is 0 Å². The zero-order valence-electron chi connectivity index (χ0n) is 13.6. The van der Waals surface area contributed by atoms with Crippen LogP contribution in [0, 0.1) is 27.7 Å². The predicted octanol–water partition coefficient (Wildman–Crippen LogP) is 3.77. The van der Waals surface area contributed by atoms with Gasteiger partial charge in [-0.2, -0.15) is 0 Å². The van der Waals surface area contributed by atoms with E-state index in [2.05, 4.69) is 44.0 Å². The second-order valence-electron chi connectivity index (χ2n) is 6.02. The first-order valence-electron chi connectivity index (χ1n) is 7.58. The van der Waals surface area contributed by atoms with E-state index in [0.29, 0.717) is 6.54 Å². The van der Waals surface area contributed by atoms with Crippen LogP contribution >= 0.6 is 12.4 Å². The van der Waals surface area contributed by atoms with E-state index < -0.39 is 0 Å². The molecule has 0 aliphatic carbocycles. The number of aryl methyl sites for hydroxylation is 2. The minimum atomic E-state index is 0. The lowest BCUT2D eigenvalue weighted by molar-refractivity contribution is -0.117. The van der Waals surface area contributed by atoms with E-state index in [9.17, 15) is 4.79 Å². The molecule has 21 heavy (non-hydrogen) atoms. The number of carbonyl (C=O) groups excluding carboxylic acids is 1. The number of likely N-dealkylation sites (tertiary alicyclic amines) is 1. The van der Waals surface area contributed by atoms with Gasteiger partial charge in [-0.1, -0.05) is 12.5 Å². The van der Waals surface area contributed by atoms with Crippen molar-refractivity contribution >= 4 is 24.0 Å². The lowest BCUT2D eigenvalue weighted by Gasteiger charge is -2.26. The summed E-state index contributed by atoms with van der Waals surface area (Å²) in [7, 11) is 0. The number of anilines is 1. The van der Waals surface area contributed by atoms with Crippen LogP contribution in [0.1, 0.15) is 41.5 Å². The second kappa shape index (κ2) is 7.81. The van der Waals surface area contributed by atoms with Crippen molar-refractivity contribution in [2.45, 2.75) is 47.0 Å². The molecule has 3 nitrogen and oxygen atoms in total. The molecule has 0 atom stereocenters. The van der Waals surface area contributed by atoms with Crippen LogP contribution in [0.4, 0.5) is 5.69 Å². The van der Waals surface area contributed by atoms with Crippen LogP contribution in [0.5, 0.6) is 0 Å². The molecule has 1 aliphatic heterocycles. The molecule has 0 bridgehead atoms. The zero-order chi connectivity index (χ0) is 14.7. The molecule has 0 radical (unpaired) electrons. The van der Waals surface area contributed by atoms with Gasteiger partial charge in [-0.3, -0.25) is 9.69 Å². The van der Waals surface area contributed by atoms with Gasteiger partial charge in [0.25, 0.3) is 0 Å². The smallest absolute Gasteiger partial charge is 0.238 e. The van der Waals surface area contributed by atoms with E-state index in [0.717, 1.165) is 18.8 Å². The van der Waals surface area contributed by atoms with Gasteiger partial charge >= 0.3 is 0 Å². The summed E-state index contributed by atoms with van der Waals surface area (Å²) in [5.41, 5.74) is 5.84. The molecular weight excluding hydrogens is 284 g/mol. The van der Waals surface area contributed by atoms with Crippen LogP contribution < -0.4 is 5.32 Å². The molecule has 1 heterocycles. The third-order valence-electron chi connectivity index (χ3n) is 4.45. The van der Waals surface area contributed by atoms with Gasteiger partial charge in [-0.05, 0) is 75.9 Å². The predicted molar refractivity (Wildman–Crippen MR) is 91.6 cm³/mol. The van der Waals surface area contributed by atoms with Gasteiger partial charge in [0.05, 0.1) is 6.54 Å². The van der Waals surface area contributed by atoms with E-state index >= 15 is 0 Å². The average molecular weight is 311 g/mol. The van der Waals surface area contributed by atoms with Crippen molar-refractivity contribution in [3.8, 4) is 0 Å². The van der Waals surface area contributed by atoms with Crippen LogP contribution in [0.15, 0.2) is 6.07 Å². The van der Waals surface area contributed by atoms with Crippen molar-refractivity contribution in [1.82, 2.24) is 4.90 Å². The molecule has 118 valence electrons. The molecule has 0 saturated carbocycles. The van der Waals surface area contributed by atoms with Gasteiger partial charge < -0.3 is 5.32 Å². The summed E-state index contributed by atoms with van der Waals surface area (Å²) >= 11 is 0. The van der Waals surface area contributed by atoms with Gasteiger partial charge in [0.1, 0.15) is 0 Å². The SMILES string of the molecule is Cc1cc(C)c(C)c(NC(=O)CN2CCCCC2)c1C.Cl. The third kappa shape index (κ3) is 4.45. The lowest BCUT2D eigenvalue weighted by atomic mass is 9.98. The van der Waals surface area contributed by atoms with Gasteiger partial charge in [0.15, 0.2) is 0 Å². The third-order valence-corrected chi connectivity index (χ3v) is 4.45. The Kier molecular flexibility index (Phi) is 6.69. The molecule has 0 spiro atoms. The number of benzene rings is 1. The number of carbonyl (C=O) groups is 1. The van der Waals surface area contributed by atoms with Crippen LogP contribution in [-0.2, 0) is 4.79 Å². The number of halogens is 1. The number of amides is 1. The fraction of sp³-hybridized carbons (Fsp3) is 0.588. The van der Waals surface area contributed by atoms with E-state index in [1.807, 2.05) is 0 Å². The van der Waals surface area contributed by atoms with Crippen molar-refractivity contribution in [2.75, 3.05) is 25.0 Å². The van der Waals surface area contributed by atoms with Gasteiger partial charge in [-0.25, -0.2) is 0 Å². The largest absolute Gasteiger partial charge is 0.324 e. The Morgan fingerprint density at radius 1 is 1.05 bits per heavy atom. The molecule has 0 unspecified atom stereocenters. The quantitative estimate of drug-likeness (QED) is 0.922. The van der Waals surface area contributed by atoms with Crippen molar-refractivity contribution in [3.63, 3.8) is 0 Å². The Morgan fingerprint density at radius 2 is 1.57 bits per heavy atom. The maximum Gasteiger partial charge on any atom is 0.238 e. The second-order valence-corrected chi connectivity index (χ2v) is 6.02. The highest BCUT2D eigenvalue weighted by Gasteiger charge is 2.16. The monoisotopic (exact) mass is 310 g/mol. The first-order chi connectivity index (χ1) is 9.49. The molecule has 4 heteroatoms. The van der Waals surface area contributed by atoms with Gasteiger partial charge in [-0.15, -0.1) is 12.4 Å². The number of piperidine rings is 1. The average Bonchev–Trinajstić information content (AvgIpc) is 2.42. The lowest BCUT2D eigenvalue weighted by Crippen LogP contribution is -2.37. The molecule has 1 N–H and O–H groups in total. The van der Waals surface area contributed by atoms with E-state index in [1.54, 1.807) is 0 Å². The molecule has 1 saturated heterocycles. The van der Waals surface area contributed by atoms with Crippen molar-refractivity contribution < 1.29 is 4.79 Å². The maximum atomic E-state index is 12.3. The highest BCUT2D eigenvalue weighted by molar-refractivity contribution is 5.94. The molecule has 1 amide bonds. The number of nitrogens with one attached hydrogen (secondary N) is 1. The number of hydrogen-bond acceptors (Lipinski definition) is 2. The summed E-state index contributed by atoms with van der Waals surface area (Å²) in [6, 6.07) is 2.19. The highest BCUT2D eigenvalue weighted by Crippen LogP contribution is 2.26. The summed E-state index contributed by atoms with van der Waals surface area (Å²) < 4.78 is 0. The van der Waals surface area contributed by atoms with Crippen molar-refractivity contribution in [1.29, 1.82) is 0 Å². The maximum absolute atomic E-state index is 12.3. The Morgan fingerprint density at radius 3 is 2.10 bits per heavy atom. The first-order valence-corrected chi connectivity index (χ1v) is 7.58. The van der Waals surface area contributed by atoms with Crippen LogP contribution in [0.2, 0.25) is 0 Å². The first kappa shape index (κ1) is 18.0. The summed E-state index contributed by atoms with van der Waals surface area (Å²) in [5, 5.41) is 3.13. The zero-order valence-corrected chi connectivity index (χ0v) is 14.4. The molecule has 1 aliphatic rings. The normalized spacial score (nSPS) is 15.4. The minimum absolute atomic E-state index is 0. The fourth-order valence-corrected chi connectivity index (χ4v) is 2.90. The number of rotatable bonds is 3. The minimum Gasteiger partial charge on any atom is -0.324 e. The van der Waals surface area contributed by atoms with E-state index in [1.165, 1.54) is 41.5 Å². The van der Waals surface area contributed by atoms with Crippen LogP contribution in [0.25, 0.3) is 0 Å². The summed E-state index contributed by atoms with van der Waals surface area (Å²) in [6.45, 7) is 11.0. The Labute approximate surface area is 134 Å². The van der Waals surface area contributed by atoms with Gasteiger partial charge in [0, 0.05) is 5.69 Å². The molecular formula is C17H27ClN2O. The molecule has 1 aromatic carbocycles. The summed E-state index contributed by atoms with van der Waals surface area (Å²) in [6.07, 6.45) is 3.73.